The second-order valence-electron chi connectivity index (χ2n) is 2.53. The van der Waals surface area contributed by atoms with Gasteiger partial charge in [-0.3, -0.25) is 0 Å². The number of benzene rings is 1. The molecule has 0 fully saturated rings. The van der Waals surface area contributed by atoms with E-state index in [0.717, 1.165) is 15.2 Å². The van der Waals surface area contributed by atoms with Crippen LogP contribution in [0, 0.1) is 11.3 Å². The molecule has 0 spiro atoms. The van der Waals surface area contributed by atoms with Gasteiger partial charge in [0.25, 0.3) is 0 Å². The Hall–Kier alpha value is -1.11. The van der Waals surface area contributed by atoms with Crippen LogP contribution in [0.2, 0.25) is 5.02 Å². The van der Waals surface area contributed by atoms with Crippen molar-refractivity contribution in [1.82, 2.24) is 4.98 Å². The number of halogens is 1. The lowest BCUT2D eigenvalue weighted by molar-refractivity contribution is 1.21. The number of hydrogen-bond acceptors (Lipinski definition) is 3. The van der Waals surface area contributed by atoms with Gasteiger partial charge in [0, 0.05) is 0 Å². The lowest BCUT2D eigenvalue weighted by Crippen LogP contribution is -1.76. The van der Waals surface area contributed by atoms with Crippen molar-refractivity contribution in [2.24, 2.45) is 0 Å². The van der Waals surface area contributed by atoms with Gasteiger partial charge in [0.2, 0.25) is 0 Å². The standard InChI is InChI=1S/C9H5ClN2S/c10-6-2-1-3-7-9(6)12-8(13-7)4-5-11/h1-3H,4H2. The number of para-hydroxylation sites is 1. The van der Waals surface area contributed by atoms with E-state index < -0.39 is 0 Å². The Morgan fingerprint density at radius 3 is 3.08 bits per heavy atom. The highest BCUT2D eigenvalue weighted by atomic mass is 35.5. The van der Waals surface area contributed by atoms with Crippen molar-refractivity contribution in [1.29, 1.82) is 5.26 Å². The zero-order valence-corrected chi connectivity index (χ0v) is 8.19. The van der Waals surface area contributed by atoms with Gasteiger partial charge in [-0.2, -0.15) is 5.26 Å². The number of rotatable bonds is 1. The highest BCUT2D eigenvalue weighted by Crippen LogP contribution is 2.27. The molecule has 64 valence electrons. The Kier molecular flexibility index (Phi) is 2.17. The topological polar surface area (TPSA) is 36.7 Å². The fraction of sp³-hybridized carbons (Fsp3) is 0.111. The van der Waals surface area contributed by atoms with Gasteiger partial charge < -0.3 is 0 Å². The number of fused-ring (bicyclic) bond motifs is 1. The molecule has 2 nitrogen and oxygen atoms in total. The first-order chi connectivity index (χ1) is 6.31. The third-order valence-electron chi connectivity index (χ3n) is 1.64. The summed E-state index contributed by atoms with van der Waals surface area (Å²) in [5.41, 5.74) is 0.805. The molecule has 1 aromatic carbocycles. The van der Waals surface area contributed by atoms with E-state index in [1.54, 1.807) is 6.07 Å². The van der Waals surface area contributed by atoms with Crippen molar-refractivity contribution < 1.29 is 0 Å². The van der Waals surface area contributed by atoms with Crippen LogP contribution in [0.5, 0.6) is 0 Å². The maximum atomic E-state index is 8.50. The fourth-order valence-electron chi connectivity index (χ4n) is 1.10. The Balaban J connectivity index is 2.63. The molecule has 0 aliphatic heterocycles. The molecular formula is C9H5ClN2S. The molecule has 1 aromatic heterocycles. The molecule has 4 heteroatoms. The van der Waals surface area contributed by atoms with Crippen LogP contribution in [0.15, 0.2) is 18.2 Å². The quantitative estimate of drug-likeness (QED) is 0.723. The molecule has 13 heavy (non-hydrogen) atoms. The SMILES string of the molecule is N#CCc1nc2c(Cl)cccc2s1. The third-order valence-corrected chi connectivity index (χ3v) is 2.97. The molecule has 0 aliphatic carbocycles. The van der Waals surface area contributed by atoms with Gasteiger partial charge in [0.15, 0.2) is 0 Å². The van der Waals surface area contributed by atoms with Crippen LogP contribution in [-0.4, -0.2) is 4.98 Å². The van der Waals surface area contributed by atoms with Crippen LogP contribution in [0.4, 0.5) is 0 Å². The van der Waals surface area contributed by atoms with E-state index in [1.807, 2.05) is 12.1 Å². The van der Waals surface area contributed by atoms with Crippen molar-refractivity contribution in [3.63, 3.8) is 0 Å². The zero-order chi connectivity index (χ0) is 9.26. The van der Waals surface area contributed by atoms with Crippen LogP contribution in [0.1, 0.15) is 5.01 Å². The van der Waals surface area contributed by atoms with Crippen LogP contribution < -0.4 is 0 Å². The molecule has 0 atom stereocenters. The smallest absolute Gasteiger partial charge is 0.108 e. The lowest BCUT2D eigenvalue weighted by Gasteiger charge is -1.88. The number of nitriles is 1. The summed E-state index contributed by atoms with van der Waals surface area (Å²) in [6.07, 6.45) is 0.357. The minimum Gasteiger partial charge on any atom is -0.239 e. The van der Waals surface area contributed by atoms with Crippen LogP contribution in [0.25, 0.3) is 10.2 Å². The van der Waals surface area contributed by atoms with Crippen LogP contribution in [0.3, 0.4) is 0 Å². The molecular weight excluding hydrogens is 204 g/mol. The van der Waals surface area contributed by atoms with Crippen molar-refractivity contribution in [3.05, 3.63) is 28.2 Å². The molecule has 2 aromatic rings. The molecule has 0 N–H and O–H groups in total. The Morgan fingerprint density at radius 1 is 1.54 bits per heavy atom. The van der Waals surface area contributed by atoms with E-state index in [0.29, 0.717) is 11.4 Å². The fourth-order valence-corrected chi connectivity index (χ4v) is 2.30. The number of aromatic nitrogens is 1. The first-order valence-electron chi connectivity index (χ1n) is 3.72. The zero-order valence-electron chi connectivity index (χ0n) is 6.62. The molecule has 0 unspecified atom stereocenters. The van der Waals surface area contributed by atoms with Crippen molar-refractivity contribution >= 4 is 33.2 Å². The summed E-state index contributed by atoms with van der Waals surface area (Å²) in [7, 11) is 0. The van der Waals surface area contributed by atoms with E-state index >= 15 is 0 Å². The largest absolute Gasteiger partial charge is 0.239 e. The molecule has 1 heterocycles. The summed E-state index contributed by atoms with van der Waals surface area (Å²) in [6.45, 7) is 0. The summed E-state index contributed by atoms with van der Waals surface area (Å²) < 4.78 is 1.04. The number of thiazole rings is 1. The molecule has 0 bridgehead atoms. The molecule has 0 radical (unpaired) electrons. The molecule has 0 saturated heterocycles. The number of hydrogen-bond donors (Lipinski definition) is 0. The Bertz CT molecular complexity index is 484. The molecule has 0 saturated carbocycles. The minimum absolute atomic E-state index is 0.357. The molecule has 0 aliphatic rings. The maximum absolute atomic E-state index is 8.50. The predicted molar refractivity (Wildman–Crippen MR) is 53.9 cm³/mol. The van der Waals surface area contributed by atoms with Crippen molar-refractivity contribution in [3.8, 4) is 6.07 Å². The summed E-state index contributed by atoms with van der Waals surface area (Å²) in [5, 5.41) is 9.97. The second kappa shape index (κ2) is 3.33. The Labute approximate surface area is 84.4 Å². The van der Waals surface area contributed by atoms with Gasteiger partial charge in [-0.15, -0.1) is 11.3 Å². The van der Waals surface area contributed by atoms with Gasteiger partial charge in [-0.1, -0.05) is 17.7 Å². The van der Waals surface area contributed by atoms with Gasteiger partial charge in [-0.25, -0.2) is 4.98 Å². The van der Waals surface area contributed by atoms with Crippen LogP contribution in [-0.2, 0) is 6.42 Å². The highest BCUT2D eigenvalue weighted by Gasteiger charge is 2.05. The predicted octanol–water partition coefficient (Wildman–Crippen LogP) is 3.02. The Morgan fingerprint density at radius 2 is 2.38 bits per heavy atom. The van der Waals surface area contributed by atoms with E-state index in [-0.39, 0.29) is 0 Å². The summed E-state index contributed by atoms with van der Waals surface area (Å²) in [4.78, 5) is 4.27. The third kappa shape index (κ3) is 1.51. The second-order valence-corrected chi connectivity index (χ2v) is 4.05. The van der Waals surface area contributed by atoms with Crippen molar-refractivity contribution in [2.75, 3.05) is 0 Å². The first kappa shape index (κ1) is 8.49. The van der Waals surface area contributed by atoms with Crippen molar-refractivity contribution in [2.45, 2.75) is 6.42 Å². The van der Waals surface area contributed by atoms with E-state index in [9.17, 15) is 0 Å². The summed E-state index contributed by atoms with van der Waals surface area (Å²) in [5.74, 6) is 0. The minimum atomic E-state index is 0.357. The summed E-state index contributed by atoms with van der Waals surface area (Å²) >= 11 is 7.45. The van der Waals surface area contributed by atoms with Gasteiger partial charge in [-0.05, 0) is 12.1 Å². The van der Waals surface area contributed by atoms with E-state index in [2.05, 4.69) is 11.1 Å². The van der Waals surface area contributed by atoms with Crippen LogP contribution >= 0.6 is 22.9 Å². The summed E-state index contributed by atoms with van der Waals surface area (Å²) in [6, 6.07) is 7.72. The molecule has 2 rings (SSSR count). The number of nitrogens with zero attached hydrogens (tertiary/aromatic N) is 2. The first-order valence-corrected chi connectivity index (χ1v) is 4.91. The van der Waals surface area contributed by atoms with Gasteiger partial charge in [0.1, 0.15) is 10.5 Å². The maximum Gasteiger partial charge on any atom is 0.108 e. The molecule has 0 amide bonds. The van der Waals surface area contributed by atoms with Gasteiger partial charge in [0.05, 0.1) is 22.2 Å². The van der Waals surface area contributed by atoms with E-state index in [4.69, 9.17) is 16.9 Å². The highest BCUT2D eigenvalue weighted by molar-refractivity contribution is 7.18. The average molecular weight is 209 g/mol. The monoisotopic (exact) mass is 208 g/mol. The normalized spacial score (nSPS) is 10.2. The average Bonchev–Trinajstić information content (AvgIpc) is 2.49. The van der Waals surface area contributed by atoms with E-state index in [1.165, 1.54) is 11.3 Å². The lowest BCUT2D eigenvalue weighted by atomic mass is 10.3. The van der Waals surface area contributed by atoms with Gasteiger partial charge >= 0.3 is 0 Å².